The first kappa shape index (κ1) is 26.2. The molecule has 0 spiro atoms. The third-order valence-corrected chi connectivity index (χ3v) is 6.85. The van der Waals surface area contributed by atoms with Crippen LogP contribution in [0.1, 0.15) is 39.7 Å². The second kappa shape index (κ2) is 11.3. The summed E-state index contributed by atoms with van der Waals surface area (Å²) in [6, 6.07) is 2.94. The highest BCUT2D eigenvalue weighted by atomic mass is 19.1. The summed E-state index contributed by atoms with van der Waals surface area (Å²) in [5.74, 6) is -1.24. The van der Waals surface area contributed by atoms with Gasteiger partial charge < -0.3 is 4.74 Å². The zero-order valence-corrected chi connectivity index (χ0v) is 20.9. The Morgan fingerprint density at radius 1 is 1.24 bits per heavy atom. The van der Waals surface area contributed by atoms with Gasteiger partial charge in [-0.1, -0.05) is 18.2 Å². The molecule has 3 rings (SSSR count). The van der Waals surface area contributed by atoms with Crippen molar-refractivity contribution in [3.05, 3.63) is 59.2 Å². The Labute approximate surface area is 201 Å². The first-order valence-corrected chi connectivity index (χ1v) is 11.9. The number of halogens is 2. The fourth-order valence-corrected chi connectivity index (χ4v) is 4.75. The first-order chi connectivity index (χ1) is 16.2. The Morgan fingerprint density at radius 2 is 1.94 bits per heavy atom. The van der Waals surface area contributed by atoms with E-state index in [9.17, 15) is 13.6 Å². The Balaban J connectivity index is 1.89. The predicted molar refractivity (Wildman–Crippen MR) is 131 cm³/mol. The van der Waals surface area contributed by atoms with Crippen LogP contribution in [0.4, 0.5) is 8.78 Å². The highest BCUT2D eigenvalue weighted by Gasteiger charge is 2.46. The second-order valence-electron chi connectivity index (χ2n) is 9.06. The number of ether oxygens (including phenoxy) is 1. The maximum atomic E-state index is 14.6. The minimum atomic E-state index is -0.805. The smallest absolute Gasteiger partial charge is 0.260 e. The molecule has 0 aromatic heterocycles. The van der Waals surface area contributed by atoms with E-state index in [2.05, 4.69) is 14.9 Å². The molecule has 34 heavy (non-hydrogen) atoms. The third-order valence-electron chi connectivity index (χ3n) is 6.85. The van der Waals surface area contributed by atoms with Gasteiger partial charge in [0.05, 0.1) is 23.9 Å². The average Bonchev–Trinajstić information content (AvgIpc) is 3.20. The molecule has 2 atom stereocenters. The van der Waals surface area contributed by atoms with Crippen LogP contribution in [-0.2, 0) is 9.53 Å². The van der Waals surface area contributed by atoms with Crippen LogP contribution in [0.15, 0.2) is 47.1 Å². The first-order valence-electron chi connectivity index (χ1n) is 11.9. The van der Waals surface area contributed by atoms with Gasteiger partial charge in [0.15, 0.2) is 0 Å². The molecule has 8 heteroatoms. The number of nitrogens with zero attached hydrogens (tertiary/aromatic N) is 4. The van der Waals surface area contributed by atoms with E-state index in [1.165, 1.54) is 5.01 Å². The lowest BCUT2D eigenvalue weighted by Crippen LogP contribution is -2.56. The topological polar surface area (TPSA) is 48.4 Å². The molecule has 1 fully saturated rings. The van der Waals surface area contributed by atoms with E-state index >= 15 is 0 Å². The fraction of sp³-hybridized carbons (Fsp3) is 0.538. The van der Waals surface area contributed by atoms with E-state index in [4.69, 9.17) is 4.74 Å². The summed E-state index contributed by atoms with van der Waals surface area (Å²) in [6.07, 6.45) is 6.09. The van der Waals surface area contributed by atoms with Gasteiger partial charge in [-0.3, -0.25) is 14.6 Å². The quantitative estimate of drug-likeness (QED) is 0.538. The molecule has 0 saturated carbocycles. The lowest BCUT2D eigenvalue weighted by atomic mass is 9.84. The molecule has 186 valence electrons. The van der Waals surface area contributed by atoms with Crippen LogP contribution in [-0.4, -0.2) is 84.4 Å². The lowest BCUT2D eigenvalue weighted by molar-refractivity contribution is -0.140. The number of piperazine rings is 1. The number of carbonyl (C=O) groups is 1. The third kappa shape index (κ3) is 5.45. The van der Waals surface area contributed by atoms with Crippen molar-refractivity contribution in [1.82, 2.24) is 14.8 Å². The monoisotopic (exact) mass is 474 g/mol. The van der Waals surface area contributed by atoms with Crippen molar-refractivity contribution < 1.29 is 18.3 Å². The number of hydrogen-bond donors (Lipinski definition) is 0. The van der Waals surface area contributed by atoms with Crippen molar-refractivity contribution in [2.75, 3.05) is 46.4 Å². The number of amides is 1. The van der Waals surface area contributed by atoms with Gasteiger partial charge in [-0.2, -0.15) is 5.10 Å². The molecule has 0 bridgehead atoms. The molecular weight excluding hydrogens is 438 g/mol. The number of methoxy groups -OCH3 is 1. The highest BCUT2D eigenvalue weighted by molar-refractivity contribution is 6.04. The van der Waals surface area contributed by atoms with Gasteiger partial charge >= 0.3 is 0 Å². The van der Waals surface area contributed by atoms with E-state index in [1.54, 1.807) is 7.11 Å². The van der Waals surface area contributed by atoms with Gasteiger partial charge in [0.2, 0.25) is 0 Å². The summed E-state index contributed by atoms with van der Waals surface area (Å²) in [5, 5.41) is 6.09. The van der Waals surface area contributed by atoms with Crippen molar-refractivity contribution in [1.29, 1.82) is 0 Å². The van der Waals surface area contributed by atoms with Crippen molar-refractivity contribution in [3.8, 4) is 0 Å². The minimum Gasteiger partial charge on any atom is -0.383 e. The molecular formula is C26H36F2N4O2. The van der Waals surface area contributed by atoms with Gasteiger partial charge in [-0.05, 0) is 51.5 Å². The molecule has 0 radical (unpaired) electrons. The summed E-state index contributed by atoms with van der Waals surface area (Å²) in [4.78, 5) is 18.3. The largest absolute Gasteiger partial charge is 0.383 e. The molecule has 2 aliphatic rings. The van der Waals surface area contributed by atoms with Gasteiger partial charge in [0, 0.05) is 51.8 Å². The fourth-order valence-electron chi connectivity index (χ4n) is 4.75. The number of benzene rings is 1. The zero-order valence-electron chi connectivity index (χ0n) is 20.9. The Kier molecular flexibility index (Phi) is 8.73. The van der Waals surface area contributed by atoms with Crippen LogP contribution in [0.3, 0.4) is 0 Å². The molecule has 1 aromatic rings. The number of carbonyl (C=O) groups excluding carboxylic acids is 1. The molecule has 6 nitrogen and oxygen atoms in total. The minimum absolute atomic E-state index is 0.0943. The normalized spacial score (nSPS) is 23.6. The molecule has 1 amide bonds. The van der Waals surface area contributed by atoms with E-state index in [1.807, 2.05) is 45.9 Å². The SMILES string of the molecule is C/C=C\C(=C/C)C1(C)CC(c2cc(F)ccc2F)=NN1C(=O)C(C)N1CCN(CCOC)CC1. The van der Waals surface area contributed by atoms with Gasteiger partial charge in [-0.15, -0.1) is 0 Å². The maximum Gasteiger partial charge on any atom is 0.260 e. The standard InChI is InChI=1S/C26H36F2N4O2/c1-6-8-20(7-2)26(4)18-24(22-17-21(27)9-10-23(22)28)29-32(26)25(33)19(3)31-13-11-30(12-14-31)15-16-34-5/h6-10,17,19H,11-16,18H2,1-5H3/b8-6-,20-7+. The van der Waals surface area contributed by atoms with Crippen LogP contribution in [0, 0.1) is 11.6 Å². The molecule has 0 N–H and O–H groups in total. The second-order valence-corrected chi connectivity index (χ2v) is 9.06. The average molecular weight is 475 g/mol. The van der Waals surface area contributed by atoms with Gasteiger partial charge in [0.25, 0.3) is 5.91 Å². The Bertz CT molecular complexity index is 970. The van der Waals surface area contributed by atoms with E-state index in [-0.39, 0.29) is 11.5 Å². The predicted octanol–water partition coefficient (Wildman–Crippen LogP) is 3.83. The van der Waals surface area contributed by atoms with Crippen LogP contribution in [0.2, 0.25) is 0 Å². The lowest BCUT2D eigenvalue weighted by Gasteiger charge is -2.41. The van der Waals surface area contributed by atoms with Gasteiger partial charge in [-0.25, -0.2) is 13.8 Å². The van der Waals surface area contributed by atoms with E-state index in [0.29, 0.717) is 18.7 Å². The van der Waals surface area contributed by atoms with Gasteiger partial charge in [0.1, 0.15) is 11.6 Å². The molecule has 1 saturated heterocycles. The number of hydrogen-bond acceptors (Lipinski definition) is 5. The molecule has 1 aromatic carbocycles. The van der Waals surface area contributed by atoms with Crippen molar-refractivity contribution in [3.63, 3.8) is 0 Å². The summed E-state index contributed by atoms with van der Waals surface area (Å²) in [6.45, 7) is 12.5. The molecule has 2 unspecified atom stereocenters. The van der Waals surface area contributed by atoms with Crippen LogP contribution in [0.5, 0.6) is 0 Å². The summed E-state index contributed by atoms with van der Waals surface area (Å²) in [5.41, 5.74) is 0.557. The number of allylic oxidation sites excluding steroid dienone is 2. The highest BCUT2D eigenvalue weighted by Crippen LogP contribution is 2.38. The summed E-state index contributed by atoms with van der Waals surface area (Å²) >= 11 is 0. The molecule has 2 heterocycles. The number of rotatable bonds is 8. The molecule has 2 aliphatic heterocycles. The Hall–Kier alpha value is -2.42. The summed E-state index contributed by atoms with van der Waals surface area (Å²) in [7, 11) is 1.70. The number of hydrazone groups is 1. The molecule has 0 aliphatic carbocycles. The van der Waals surface area contributed by atoms with E-state index < -0.39 is 23.2 Å². The van der Waals surface area contributed by atoms with Crippen molar-refractivity contribution in [2.45, 2.75) is 45.7 Å². The van der Waals surface area contributed by atoms with Crippen LogP contribution >= 0.6 is 0 Å². The van der Waals surface area contributed by atoms with Crippen LogP contribution in [0.25, 0.3) is 0 Å². The van der Waals surface area contributed by atoms with Crippen molar-refractivity contribution >= 4 is 11.6 Å². The van der Waals surface area contributed by atoms with E-state index in [0.717, 1.165) is 56.5 Å². The Morgan fingerprint density at radius 3 is 2.56 bits per heavy atom. The zero-order chi connectivity index (χ0) is 24.9. The van der Waals surface area contributed by atoms with Crippen LogP contribution < -0.4 is 0 Å². The van der Waals surface area contributed by atoms with Crippen molar-refractivity contribution in [2.24, 2.45) is 5.10 Å². The maximum absolute atomic E-state index is 14.6. The summed E-state index contributed by atoms with van der Waals surface area (Å²) < 4.78 is 33.7.